The number of benzene rings is 1. The Labute approximate surface area is 180 Å². The molecule has 0 aliphatic carbocycles. The number of nitrogens with zero attached hydrogens (tertiary/aromatic N) is 5. The normalized spacial score (nSPS) is 16.6. The van der Waals surface area contributed by atoms with Gasteiger partial charge in [-0.2, -0.15) is 5.10 Å². The van der Waals surface area contributed by atoms with Gasteiger partial charge in [0.1, 0.15) is 18.5 Å². The summed E-state index contributed by atoms with van der Waals surface area (Å²) in [4.78, 5) is 21.8. The summed E-state index contributed by atoms with van der Waals surface area (Å²) in [5.41, 5.74) is 1.62. The van der Waals surface area contributed by atoms with Crippen LogP contribution in [-0.2, 0) is 9.53 Å². The highest BCUT2D eigenvalue weighted by atomic mass is 79.9. The van der Waals surface area contributed by atoms with E-state index in [2.05, 4.69) is 30.9 Å². The van der Waals surface area contributed by atoms with Crippen LogP contribution in [0.2, 0.25) is 5.02 Å². The molecular formula is C19H19BrClN5O3. The molecule has 0 unspecified atom stereocenters. The molecule has 1 atom stereocenters. The van der Waals surface area contributed by atoms with Gasteiger partial charge in [-0.05, 0) is 40.9 Å². The molecule has 4 rings (SSSR count). The van der Waals surface area contributed by atoms with Crippen LogP contribution in [-0.4, -0.2) is 56.6 Å². The summed E-state index contributed by atoms with van der Waals surface area (Å²) >= 11 is 9.79. The van der Waals surface area contributed by atoms with Gasteiger partial charge >= 0.3 is 5.97 Å². The molecule has 2 aromatic heterocycles. The third kappa shape index (κ3) is 4.36. The van der Waals surface area contributed by atoms with Crippen LogP contribution in [0.25, 0.3) is 16.6 Å². The van der Waals surface area contributed by atoms with Gasteiger partial charge in [-0.25, -0.2) is 14.6 Å². The van der Waals surface area contributed by atoms with Crippen molar-refractivity contribution >= 4 is 50.2 Å². The third-order valence-electron chi connectivity index (χ3n) is 4.92. The SMILES string of the molecule is O=C(O)CCOC[C@@H]1CCCN1c1cc(-n2cncn2)c2cc(Br)c(Cl)cc2n1. The Morgan fingerprint density at radius 3 is 3.00 bits per heavy atom. The summed E-state index contributed by atoms with van der Waals surface area (Å²) in [6, 6.07) is 5.90. The van der Waals surface area contributed by atoms with Gasteiger partial charge in [0, 0.05) is 22.5 Å². The van der Waals surface area contributed by atoms with E-state index in [9.17, 15) is 4.79 Å². The molecule has 8 nitrogen and oxygen atoms in total. The summed E-state index contributed by atoms with van der Waals surface area (Å²) in [5.74, 6) is -0.0456. The Bertz CT molecular complexity index is 1030. The zero-order valence-electron chi connectivity index (χ0n) is 15.5. The summed E-state index contributed by atoms with van der Waals surface area (Å²) in [7, 11) is 0. The van der Waals surface area contributed by atoms with E-state index in [0.717, 1.165) is 46.3 Å². The fourth-order valence-electron chi connectivity index (χ4n) is 3.55. The van der Waals surface area contributed by atoms with Crippen LogP contribution in [0.1, 0.15) is 19.3 Å². The lowest BCUT2D eigenvalue weighted by Crippen LogP contribution is -2.34. The zero-order chi connectivity index (χ0) is 20.4. The minimum atomic E-state index is -0.856. The average Bonchev–Trinajstić information content (AvgIpc) is 3.37. The van der Waals surface area contributed by atoms with Crippen molar-refractivity contribution < 1.29 is 14.6 Å². The van der Waals surface area contributed by atoms with Crippen LogP contribution in [0.5, 0.6) is 0 Å². The second-order valence-corrected chi connectivity index (χ2v) is 8.09. The molecule has 10 heteroatoms. The van der Waals surface area contributed by atoms with E-state index < -0.39 is 5.97 Å². The molecule has 1 aliphatic heterocycles. The number of aromatic nitrogens is 4. The van der Waals surface area contributed by atoms with Crippen molar-refractivity contribution in [1.29, 1.82) is 0 Å². The second-order valence-electron chi connectivity index (χ2n) is 6.83. The second kappa shape index (κ2) is 8.64. The molecule has 0 bridgehead atoms. The molecule has 0 radical (unpaired) electrons. The highest BCUT2D eigenvalue weighted by molar-refractivity contribution is 9.10. The van der Waals surface area contributed by atoms with Gasteiger partial charge in [0.05, 0.1) is 41.9 Å². The number of halogens is 2. The minimum Gasteiger partial charge on any atom is -0.481 e. The smallest absolute Gasteiger partial charge is 0.305 e. The van der Waals surface area contributed by atoms with Gasteiger partial charge in [-0.3, -0.25) is 4.79 Å². The molecule has 3 aromatic rings. The van der Waals surface area contributed by atoms with E-state index in [1.54, 1.807) is 11.0 Å². The Hall–Kier alpha value is -2.23. The predicted molar refractivity (Wildman–Crippen MR) is 113 cm³/mol. The number of anilines is 1. The maximum absolute atomic E-state index is 10.7. The first kappa shape index (κ1) is 20.1. The van der Waals surface area contributed by atoms with Crippen molar-refractivity contribution in [3.8, 4) is 5.69 Å². The molecule has 1 aliphatic rings. The molecule has 0 saturated carbocycles. The van der Waals surface area contributed by atoms with E-state index in [0.29, 0.717) is 11.6 Å². The van der Waals surface area contributed by atoms with Crippen LogP contribution < -0.4 is 4.90 Å². The van der Waals surface area contributed by atoms with Gasteiger partial charge in [-0.15, -0.1) is 0 Å². The van der Waals surface area contributed by atoms with Crippen LogP contribution >= 0.6 is 27.5 Å². The Kier molecular flexibility index (Phi) is 5.98. The Morgan fingerprint density at radius 1 is 1.38 bits per heavy atom. The van der Waals surface area contributed by atoms with E-state index in [1.807, 2.05) is 18.2 Å². The van der Waals surface area contributed by atoms with Crippen LogP contribution in [0, 0.1) is 0 Å². The standard InChI is InChI=1S/C19H19BrClN5O3/c20-14-6-13-16(7-15(14)21)24-18(8-17(13)26-11-22-10-23-26)25-4-1-2-12(25)9-29-5-3-19(27)28/h6-8,10-12H,1-5,9H2,(H,27,28)/t12-/m0/s1. The van der Waals surface area contributed by atoms with Crippen LogP contribution in [0.4, 0.5) is 5.82 Å². The molecule has 0 amide bonds. The van der Waals surface area contributed by atoms with E-state index >= 15 is 0 Å². The fourth-order valence-corrected chi connectivity index (χ4v) is 4.05. The number of hydrogen-bond donors (Lipinski definition) is 1. The van der Waals surface area contributed by atoms with Crippen molar-refractivity contribution in [2.45, 2.75) is 25.3 Å². The highest BCUT2D eigenvalue weighted by Crippen LogP contribution is 2.34. The third-order valence-corrected chi connectivity index (χ3v) is 6.12. The topological polar surface area (TPSA) is 93.4 Å². The first-order valence-corrected chi connectivity index (χ1v) is 10.4. The maximum atomic E-state index is 10.7. The van der Waals surface area contributed by atoms with Crippen LogP contribution in [0.15, 0.2) is 35.3 Å². The van der Waals surface area contributed by atoms with Crippen molar-refractivity contribution in [3.63, 3.8) is 0 Å². The van der Waals surface area contributed by atoms with E-state index in [-0.39, 0.29) is 19.1 Å². The number of ether oxygens (including phenoxy) is 1. The minimum absolute atomic E-state index is 0.00473. The summed E-state index contributed by atoms with van der Waals surface area (Å²) in [5, 5.41) is 14.5. The molecule has 152 valence electrons. The predicted octanol–water partition coefficient (Wildman–Crippen LogP) is 3.69. The lowest BCUT2D eigenvalue weighted by atomic mass is 10.1. The number of pyridine rings is 1. The average molecular weight is 481 g/mol. The molecule has 29 heavy (non-hydrogen) atoms. The van der Waals surface area contributed by atoms with Crippen LogP contribution in [0.3, 0.4) is 0 Å². The van der Waals surface area contributed by atoms with Gasteiger partial charge in [0.25, 0.3) is 0 Å². The van der Waals surface area contributed by atoms with E-state index in [1.165, 1.54) is 6.33 Å². The number of aliphatic carboxylic acids is 1. The molecule has 0 spiro atoms. The fraction of sp³-hybridized carbons (Fsp3) is 0.368. The van der Waals surface area contributed by atoms with Gasteiger partial charge in [0.2, 0.25) is 0 Å². The Morgan fingerprint density at radius 2 is 2.24 bits per heavy atom. The lowest BCUT2D eigenvalue weighted by molar-refractivity contribution is -0.138. The molecule has 1 aromatic carbocycles. The largest absolute Gasteiger partial charge is 0.481 e. The molecule has 1 N–H and O–H groups in total. The first-order chi connectivity index (χ1) is 14.0. The van der Waals surface area contributed by atoms with Gasteiger partial charge in [-0.1, -0.05) is 11.6 Å². The summed E-state index contributed by atoms with van der Waals surface area (Å²) in [6.07, 6.45) is 5.13. The summed E-state index contributed by atoms with van der Waals surface area (Å²) in [6.45, 7) is 1.53. The van der Waals surface area contributed by atoms with Gasteiger partial charge < -0.3 is 14.7 Å². The molecule has 3 heterocycles. The van der Waals surface area contributed by atoms with E-state index in [4.69, 9.17) is 26.4 Å². The highest BCUT2D eigenvalue weighted by Gasteiger charge is 2.27. The monoisotopic (exact) mass is 479 g/mol. The molecular weight excluding hydrogens is 462 g/mol. The number of rotatable bonds is 7. The lowest BCUT2D eigenvalue weighted by Gasteiger charge is -2.26. The van der Waals surface area contributed by atoms with Crippen molar-refractivity contribution in [2.75, 3.05) is 24.7 Å². The zero-order valence-corrected chi connectivity index (χ0v) is 17.8. The maximum Gasteiger partial charge on any atom is 0.305 e. The van der Waals surface area contributed by atoms with Gasteiger partial charge in [0.15, 0.2) is 0 Å². The quantitative estimate of drug-likeness (QED) is 0.515. The molecule has 1 saturated heterocycles. The number of carboxylic acids is 1. The first-order valence-electron chi connectivity index (χ1n) is 9.24. The molecule has 1 fully saturated rings. The van der Waals surface area contributed by atoms with Crippen molar-refractivity contribution in [3.05, 3.63) is 40.3 Å². The number of hydrogen-bond acceptors (Lipinski definition) is 6. The number of carbonyl (C=O) groups is 1. The van der Waals surface area contributed by atoms with Crippen molar-refractivity contribution in [1.82, 2.24) is 19.7 Å². The Balaban J connectivity index is 1.68. The number of fused-ring (bicyclic) bond motifs is 1. The number of carboxylic acid groups (broad SMARTS) is 1. The van der Waals surface area contributed by atoms with Crippen molar-refractivity contribution in [2.24, 2.45) is 0 Å². The summed E-state index contributed by atoms with van der Waals surface area (Å²) < 4.78 is 8.10.